The van der Waals surface area contributed by atoms with Crippen LogP contribution in [0.25, 0.3) is 0 Å². The van der Waals surface area contributed by atoms with Gasteiger partial charge in [-0.25, -0.2) is 0 Å². The van der Waals surface area contributed by atoms with Crippen molar-refractivity contribution in [1.29, 1.82) is 0 Å². The average molecular weight is 421 g/mol. The number of nitrogens with zero attached hydrogens (tertiary/aromatic N) is 1. The first-order valence-electron chi connectivity index (χ1n) is 9.85. The van der Waals surface area contributed by atoms with Crippen molar-refractivity contribution < 1.29 is 19.1 Å². The SMILES string of the molecule is C[C@]12CSCC(=O)N1[C@@H](C(=O)Nc1ccc3c(c1)OC1(CCCCC1)O3)CS2. The summed E-state index contributed by atoms with van der Waals surface area (Å²) in [6, 6.07) is 5.12. The van der Waals surface area contributed by atoms with E-state index in [-0.39, 0.29) is 16.7 Å². The molecule has 1 aromatic carbocycles. The van der Waals surface area contributed by atoms with Crippen molar-refractivity contribution in [1.82, 2.24) is 4.90 Å². The van der Waals surface area contributed by atoms with Crippen molar-refractivity contribution in [2.24, 2.45) is 0 Å². The van der Waals surface area contributed by atoms with E-state index in [4.69, 9.17) is 9.47 Å². The van der Waals surface area contributed by atoms with E-state index in [0.717, 1.165) is 37.2 Å². The van der Waals surface area contributed by atoms with Crippen LogP contribution >= 0.6 is 23.5 Å². The molecule has 2 atom stereocenters. The number of nitrogens with one attached hydrogen (secondary N) is 1. The summed E-state index contributed by atoms with van der Waals surface area (Å²) >= 11 is 3.34. The number of rotatable bonds is 2. The summed E-state index contributed by atoms with van der Waals surface area (Å²) in [7, 11) is 0. The molecule has 2 saturated heterocycles. The van der Waals surface area contributed by atoms with E-state index >= 15 is 0 Å². The molecule has 1 N–H and O–H groups in total. The van der Waals surface area contributed by atoms with E-state index in [9.17, 15) is 9.59 Å². The second kappa shape index (κ2) is 6.76. The van der Waals surface area contributed by atoms with Gasteiger partial charge >= 0.3 is 0 Å². The van der Waals surface area contributed by atoms with Gasteiger partial charge in [0.1, 0.15) is 6.04 Å². The number of benzene rings is 1. The average Bonchev–Trinajstić information content (AvgIpc) is 3.20. The van der Waals surface area contributed by atoms with Crippen LogP contribution in [0.5, 0.6) is 11.5 Å². The van der Waals surface area contributed by atoms with E-state index in [2.05, 4.69) is 12.2 Å². The second-order valence-corrected chi connectivity index (χ2v) is 10.6. The van der Waals surface area contributed by atoms with Gasteiger partial charge in [-0.05, 0) is 31.9 Å². The summed E-state index contributed by atoms with van der Waals surface area (Å²) < 4.78 is 12.3. The number of ether oxygens (including phenoxy) is 2. The zero-order chi connectivity index (χ0) is 19.4. The van der Waals surface area contributed by atoms with Crippen molar-refractivity contribution in [2.45, 2.75) is 55.7 Å². The summed E-state index contributed by atoms with van der Waals surface area (Å²) in [6.07, 6.45) is 5.24. The Morgan fingerprint density at radius 3 is 2.82 bits per heavy atom. The maximum Gasteiger partial charge on any atom is 0.251 e. The predicted octanol–water partition coefficient (Wildman–Crippen LogP) is 3.46. The van der Waals surface area contributed by atoms with Gasteiger partial charge in [0.15, 0.2) is 11.5 Å². The maximum absolute atomic E-state index is 13.0. The van der Waals surface area contributed by atoms with E-state index in [1.54, 1.807) is 28.4 Å². The van der Waals surface area contributed by atoms with Crippen LogP contribution in [-0.2, 0) is 9.59 Å². The van der Waals surface area contributed by atoms with Gasteiger partial charge in [-0.15, -0.1) is 23.5 Å². The Hall–Kier alpha value is -1.54. The molecule has 0 unspecified atom stereocenters. The van der Waals surface area contributed by atoms with Gasteiger partial charge in [-0.2, -0.15) is 0 Å². The fourth-order valence-corrected chi connectivity index (χ4v) is 7.27. The molecule has 3 heterocycles. The number of carbonyl (C=O) groups excluding carboxylic acids is 2. The highest BCUT2D eigenvalue weighted by atomic mass is 32.2. The van der Waals surface area contributed by atoms with E-state index in [1.807, 2.05) is 18.2 Å². The van der Waals surface area contributed by atoms with Crippen LogP contribution in [0, 0.1) is 0 Å². The molecular weight excluding hydrogens is 396 g/mol. The summed E-state index contributed by atoms with van der Waals surface area (Å²) in [6.45, 7) is 2.05. The molecule has 8 heteroatoms. The maximum atomic E-state index is 13.0. The molecule has 28 heavy (non-hydrogen) atoms. The standard InChI is InChI=1S/C20H24N2O4S2/c1-19-12-27-11-17(23)22(19)14(10-28-19)18(24)21-13-5-6-15-16(9-13)26-20(25-15)7-3-2-4-8-20/h5-6,9,14H,2-4,7-8,10-12H2,1H3,(H,21,24)/t14-,19+/m1/s1. The van der Waals surface area contributed by atoms with E-state index < -0.39 is 11.8 Å². The largest absolute Gasteiger partial charge is 0.448 e. The zero-order valence-corrected chi connectivity index (χ0v) is 17.5. The lowest BCUT2D eigenvalue weighted by Gasteiger charge is -2.40. The van der Waals surface area contributed by atoms with Gasteiger partial charge in [0.2, 0.25) is 11.8 Å². The van der Waals surface area contributed by atoms with Gasteiger partial charge in [0, 0.05) is 36.1 Å². The molecular formula is C20H24N2O4S2. The molecule has 150 valence electrons. The van der Waals surface area contributed by atoms with Gasteiger partial charge in [-0.3, -0.25) is 9.59 Å². The minimum atomic E-state index is -0.523. The first-order chi connectivity index (χ1) is 13.5. The number of carbonyl (C=O) groups is 2. The normalized spacial score (nSPS) is 30.4. The van der Waals surface area contributed by atoms with Crippen LogP contribution in [0.4, 0.5) is 5.69 Å². The molecule has 0 bridgehead atoms. The third kappa shape index (κ3) is 3.05. The number of fused-ring (bicyclic) bond motifs is 2. The molecule has 0 radical (unpaired) electrons. The quantitative estimate of drug-likeness (QED) is 0.790. The van der Waals surface area contributed by atoms with Crippen molar-refractivity contribution in [3.8, 4) is 11.5 Å². The van der Waals surface area contributed by atoms with Crippen molar-refractivity contribution in [3.05, 3.63) is 18.2 Å². The summed E-state index contributed by atoms with van der Waals surface area (Å²) in [5, 5.41) is 2.99. The van der Waals surface area contributed by atoms with E-state index in [1.165, 1.54) is 6.42 Å². The highest BCUT2D eigenvalue weighted by molar-refractivity contribution is 8.04. The van der Waals surface area contributed by atoms with Crippen LogP contribution in [-0.4, -0.2) is 50.7 Å². The van der Waals surface area contributed by atoms with Crippen LogP contribution < -0.4 is 14.8 Å². The van der Waals surface area contributed by atoms with Gasteiger partial charge in [-0.1, -0.05) is 6.42 Å². The Balaban J connectivity index is 1.31. The molecule has 0 aromatic heterocycles. The fraction of sp³-hybridized carbons (Fsp3) is 0.600. The van der Waals surface area contributed by atoms with Crippen LogP contribution in [0.2, 0.25) is 0 Å². The van der Waals surface area contributed by atoms with Gasteiger partial charge in [0.05, 0.1) is 10.6 Å². The number of thioether (sulfide) groups is 2. The van der Waals surface area contributed by atoms with Crippen molar-refractivity contribution >= 4 is 41.0 Å². The second-order valence-electron chi connectivity index (χ2n) is 8.08. The summed E-state index contributed by atoms with van der Waals surface area (Å²) in [4.78, 5) is 26.9. The number of anilines is 1. The smallest absolute Gasteiger partial charge is 0.251 e. The van der Waals surface area contributed by atoms with Crippen LogP contribution in [0.1, 0.15) is 39.0 Å². The topological polar surface area (TPSA) is 67.9 Å². The third-order valence-electron chi connectivity index (χ3n) is 5.96. The number of hydrogen-bond acceptors (Lipinski definition) is 6. The highest BCUT2D eigenvalue weighted by Crippen LogP contribution is 2.47. The first-order valence-corrected chi connectivity index (χ1v) is 12.0. The summed E-state index contributed by atoms with van der Waals surface area (Å²) in [5.74, 6) is 2.76. The van der Waals surface area contributed by atoms with Crippen LogP contribution in [0.15, 0.2) is 18.2 Å². The third-order valence-corrected chi connectivity index (χ3v) is 8.80. The van der Waals surface area contributed by atoms with Crippen molar-refractivity contribution in [3.63, 3.8) is 0 Å². The predicted molar refractivity (Wildman–Crippen MR) is 111 cm³/mol. The Morgan fingerprint density at radius 2 is 2.00 bits per heavy atom. The Morgan fingerprint density at radius 1 is 1.21 bits per heavy atom. The monoisotopic (exact) mass is 420 g/mol. The first kappa shape index (κ1) is 18.5. The molecule has 2 amide bonds. The summed E-state index contributed by atoms with van der Waals surface area (Å²) in [5.41, 5.74) is 0.678. The number of hydrogen-bond donors (Lipinski definition) is 1. The lowest BCUT2D eigenvalue weighted by atomic mass is 9.94. The lowest BCUT2D eigenvalue weighted by molar-refractivity contribution is -0.138. The minimum Gasteiger partial charge on any atom is -0.448 e. The lowest BCUT2D eigenvalue weighted by Crippen LogP contribution is -2.56. The van der Waals surface area contributed by atoms with Gasteiger partial charge < -0.3 is 19.7 Å². The molecule has 1 saturated carbocycles. The highest BCUT2D eigenvalue weighted by Gasteiger charge is 2.51. The molecule has 1 aromatic rings. The van der Waals surface area contributed by atoms with Crippen molar-refractivity contribution in [2.75, 3.05) is 22.6 Å². The molecule has 3 fully saturated rings. The number of amides is 2. The fourth-order valence-electron chi connectivity index (χ4n) is 4.56. The molecule has 4 aliphatic rings. The Bertz CT molecular complexity index is 826. The van der Waals surface area contributed by atoms with E-state index in [0.29, 0.717) is 22.9 Å². The van der Waals surface area contributed by atoms with Crippen LogP contribution in [0.3, 0.4) is 0 Å². The Labute approximate surface area is 173 Å². The molecule has 6 nitrogen and oxygen atoms in total. The molecule has 3 aliphatic heterocycles. The molecule has 1 aliphatic carbocycles. The molecule has 1 spiro atoms. The minimum absolute atomic E-state index is 0.0498. The Kier molecular flexibility index (Phi) is 4.46. The van der Waals surface area contributed by atoms with Gasteiger partial charge in [0.25, 0.3) is 5.79 Å². The molecule has 5 rings (SSSR count). The zero-order valence-electron chi connectivity index (χ0n) is 15.9.